The quantitative estimate of drug-likeness (QED) is 0.804. The van der Waals surface area contributed by atoms with Gasteiger partial charge in [-0.25, -0.2) is 4.79 Å². The Morgan fingerprint density at radius 3 is 2.71 bits per heavy atom. The minimum absolute atomic E-state index is 0.0242. The lowest BCUT2D eigenvalue weighted by molar-refractivity contribution is -0.122. The normalized spacial score (nSPS) is 16.9. The minimum atomic E-state index is -0.652. The van der Waals surface area contributed by atoms with Gasteiger partial charge in [-0.3, -0.25) is 9.59 Å². The molecule has 0 aliphatic carbocycles. The zero-order valence-electron chi connectivity index (χ0n) is 16.1. The van der Waals surface area contributed by atoms with Crippen molar-refractivity contribution in [1.82, 2.24) is 10.6 Å². The average Bonchev–Trinajstić information content (AvgIpc) is 2.86. The first-order valence-corrected chi connectivity index (χ1v) is 9.80. The molecule has 1 atom stereocenters. The Kier molecular flexibility index (Phi) is 6.63. The number of carbonyl (C=O) groups is 2. The van der Waals surface area contributed by atoms with Crippen LogP contribution in [0.2, 0.25) is 0 Å². The molecule has 6 heteroatoms. The number of carbonyl (C=O) groups excluding carboxylic acids is 2. The molecule has 0 spiro atoms. The molecule has 2 aromatic rings. The Balaban J connectivity index is 1.64. The second kappa shape index (κ2) is 9.35. The summed E-state index contributed by atoms with van der Waals surface area (Å²) in [5.74, 6) is -0.184. The van der Waals surface area contributed by atoms with Gasteiger partial charge in [0, 0.05) is 13.0 Å². The second-order valence-electron chi connectivity index (χ2n) is 7.21. The maximum Gasteiger partial charge on any atom is 0.349 e. The molecule has 1 aromatic carbocycles. The van der Waals surface area contributed by atoms with E-state index in [-0.39, 0.29) is 11.5 Å². The Hall–Kier alpha value is -2.89. The van der Waals surface area contributed by atoms with E-state index >= 15 is 0 Å². The first-order chi connectivity index (χ1) is 13.5. The first-order valence-electron chi connectivity index (χ1n) is 9.80. The molecule has 1 saturated heterocycles. The van der Waals surface area contributed by atoms with Crippen molar-refractivity contribution in [2.45, 2.75) is 51.5 Å². The molecule has 148 valence electrons. The van der Waals surface area contributed by atoms with Gasteiger partial charge in [-0.2, -0.15) is 0 Å². The molecule has 0 saturated carbocycles. The van der Waals surface area contributed by atoms with Gasteiger partial charge in [-0.1, -0.05) is 30.3 Å². The molecule has 1 aliphatic rings. The van der Waals surface area contributed by atoms with Crippen LogP contribution in [-0.2, 0) is 17.6 Å². The molecule has 3 rings (SSSR count). The summed E-state index contributed by atoms with van der Waals surface area (Å²) in [6.07, 6.45) is 4.66. The van der Waals surface area contributed by atoms with Gasteiger partial charge in [0.05, 0.1) is 0 Å². The molecular formula is C22H26N2O4. The highest BCUT2D eigenvalue weighted by molar-refractivity contribution is 5.98. The van der Waals surface area contributed by atoms with Crippen LogP contribution in [0, 0.1) is 6.92 Å². The summed E-state index contributed by atoms with van der Waals surface area (Å²) in [5.41, 5.74) is 1.13. The summed E-state index contributed by atoms with van der Waals surface area (Å²) in [7, 11) is 0. The van der Waals surface area contributed by atoms with Gasteiger partial charge in [-0.15, -0.1) is 0 Å². The maximum absolute atomic E-state index is 12.6. The Morgan fingerprint density at radius 1 is 1.18 bits per heavy atom. The largest absolute Gasteiger partial charge is 0.427 e. The molecular weight excluding hydrogens is 356 g/mol. The minimum Gasteiger partial charge on any atom is -0.427 e. The monoisotopic (exact) mass is 382 g/mol. The average molecular weight is 382 g/mol. The Bertz CT molecular complexity index is 889. The molecule has 2 N–H and O–H groups in total. The molecule has 6 nitrogen and oxygen atoms in total. The fraction of sp³-hybridized carbons (Fsp3) is 0.409. The van der Waals surface area contributed by atoms with Gasteiger partial charge in [0.1, 0.15) is 17.4 Å². The fourth-order valence-electron chi connectivity index (χ4n) is 3.49. The van der Waals surface area contributed by atoms with Crippen molar-refractivity contribution in [3.05, 3.63) is 69.3 Å². The van der Waals surface area contributed by atoms with Crippen molar-refractivity contribution in [3.8, 4) is 0 Å². The van der Waals surface area contributed by atoms with E-state index in [2.05, 4.69) is 22.8 Å². The molecule has 1 aliphatic heterocycles. The van der Waals surface area contributed by atoms with E-state index in [0.717, 1.165) is 25.7 Å². The number of benzene rings is 1. The van der Waals surface area contributed by atoms with E-state index in [0.29, 0.717) is 30.7 Å². The van der Waals surface area contributed by atoms with Gasteiger partial charge in [0.25, 0.3) is 5.91 Å². The number of amides is 2. The van der Waals surface area contributed by atoms with Crippen LogP contribution in [0.15, 0.2) is 45.6 Å². The van der Waals surface area contributed by atoms with Crippen molar-refractivity contribution in [2.75, 3.05) is 6.54 Å². The van der Waals surface area contributed by atoms with Crippen molar-refractivity contribution < 1.29 is 14.0 Å². The molecule has 1 aromatic heterocycles. The lowest BCUT2D eigenvalue weighted by atomic mass is 10.0. The van der Waals surface area contributed by atoms with E-state index in [1.807, 2.05) is 18.2 Å². The van der Waals surface area contributed by atoms with Gasteiger partial charge >= 0.3 is 5.63 Å². The molecule has 0 radical (unpaired) electrons. The fourth-order valence-corrected chi connectivity index (χ4v) is 3.49. The van der Waals surface area contributed by atoms with Crippen molar-refractivity contribution >= 4 is 11.8 Å². The molecule has 0 bridgehead atoms. The standard InChI is InChI=1S/C22H26N2O4/c1-15-14-17(11-7-10-16-8-3-2-4-9-16)28-22(27)19(15)21(26)24-18-12-5-6-13-23-20(18)25/h2-4,8-9,14,18H,5-7,10-13H2,1H3,(H,23,25)(H,24,26). The van der Waals surface area contributed by atoms with Crippen LogP contribution in [0.1, 0.15) is 52.9 Å². The number of hydrogen-bond donors (Lipinski definition) is 2. The number of nitrogens with one attached hydrogen (secondary N) is 2. The molecule has 2 heterocycles. The summed E-state index contributed by atoms with van der Waals surface area (Å²) in [6, 6.07) is 11.3. The molecule has 2 amide bonds. The predicted molar refractivity (Wildman–Crippen MR) is 106 cm³/mol. The van der Waals surface area contributed by atoms with Crippen LogP contribution >= 0.6 is 0 Å². The highest BCUT2D eigenvalue weighted by Gasteiger charge is 2.25. The highest BCUT2D eigenvalue weighted by atomic mass is 16.4. The first kappa shape index (κ1) is 19.9. The molecule has 1 unspecified atom stereocenters. The van der Waals surface area contributed by atoms with Crippen LogP contribution in [0.3, 0.4) is 0 Å². The third kappa shape index (κ3) is 5.09. The predicted octanol–water partition coefficient (Wildman–Crippen LogP) is 2.52. The Labute approximate surface area is 164 Å². The second-order valence-corrected chi connectivity index (χ2v) is 7.21. The smallest absolute Gasteiger partial charge is 0.349 e. The van der Waals surface area contributed by atoms with Gasteiger partial charge in [-0.05, 0) is 56.2 Å². The summed E-state index contributed by atoms with van der Waals surface area (Å²) in [6.45, 7) is 2.34. The lowest BCUT2D eigenvalue weighted by Crippen LogP contribution is -2.46. The van der Waals surface area contributed by atoms with E-state index < -0.39 is 17.6 Å². The van der Waals surface area contributed by atoms with E-state index in [1.54, 1.807) is 13.0 Å². The van der Waals surface area contributed by atoms with Crippen LogP contribution in [-0.4, -0.2) is 24.4 Å². The van der Waals surface area contributed by atoms with Crippen molar-refractivity contribution in [2.24, 2.45) is 0 Å². The summed E-state index contributed by atoms with van der Waals surface area (Å²) < 4.78 is 5.37. The third-order valence-corrected chi connectivity index (χ3v) is 5.00. The van der Waals surface area contributed by atoms with E-state index in [1.165, 1.54) is 5.56 Å². The molecule has 28 heavy (non-hydrogen) atoms. The van der Waals surface area contributed by atoms with Gasteiger partial charge < -0.3 is 15.1 Å². The Morgan fingerprint density at radius 2 is 1.96 bits per heavy atom. The summed E-state index contributed by atoms with van der Waals surface area (Å²) >= 11 is 0. The van der Waals surface area contributed by atoms with Gasteiger partial charge in [0.2, 0.25) is 5.91 Å². The molecule has 1 fully saturated rings. The zero-order valence-corrected chi connectivity index (χ0v) is 16.1. The highest BCUT2D eigenvalue weighted by Crippen LogP contribution is 2.12. The van der Waals surface area contributed by atoms with Crippen molar-refractivity contribution in [1.29, 1.82) is 0 Å². The van der Waals surface area contributed by atoms with Crippen LogP contribution in [0.4, 0.5) is 0 Å². The van der Waals surface area contributed by atoms with Crippen LogP contribution < -0.4 is 16.3 Å². The SMILES string of the molecule is Cc1cc(CCCc2ccccc2)oc(=O)c1C(=O)NC1CCCCNC1=O. The third-order valence-electron chi connectivity index (χ3n) is 5.00. The zero-order chi connectivity index (χ0) is 19.9. The van der Waals surface area contributed by atoms with E-state index in [9.17, 15) is 14.4 Å². The van der Waals surface area contributed by atoms with Crippen molar-refractivity contribution in [3.63, 3.8) is 0 Å². The van der Waals surface area contributed by atoms with Crippen LogP contribution in [0.25, 0.3) is 0 Å². The van der Waals surface area contributed by atoms with E-state index in [4.69, 9.17) is 4.42 Å². The number of rotatable bonds is 6. The van der Waals surface area contributed by atoms with Gasteiger partial charge in [0.15, 0.2) is 0 Å². The lowest BCUT2D eigenvalue weighted by Gasteiger charge is -2.15. The maximum atomic E-state index is 12.6. The summed E-state index contributed by atoms with van der Waals surface area (Å²) in [5, 5.41) is 5.45. The summed E-state index contributed by atoms with van der Waals surface area (Å²) in [4.78, 5) is 37.0. The van der Waals surface area contributed by atoms with Crippen LogP contribution in [0.5, 0.6) is 0 Å². The number of hydrogen-bond acceptors (Lipinski definition) is 4. The topological polar surface area (TPSA) is 88.4 Å². The number of aryl methyl sites for hydroxylation is 3.